The van der Waals surface area contributed by atoms with Gasteiger partial charge in [0.1, 0.15) is 5.82 Å². The van der Waals surface area contributed by atoms with Crippen molar-refractivity contribution >= 4 is 0 Å². The van der Waals surface area contributed by atoms with Gasteiger partial charge < -0.3 is 10.2 Å². The maximum absolute atomic E-state index is 14.6. The molecule has 1 aromatic rings. The molecule has 0 radical (unpaired) electrons. The lowest BCUT2D eigenvalue weighted by Crippen LogP contribution is -2.14. The third kappa shape index (κ3) is 6.66. The van der Waals surface area contributed by atoms with Crippen LogP contribution >= 0.6 is 0 Å². The molecular formula is C23H37FO2. The van der Waals surface area contributed by atoms with Gasteiger partial charge in [0.15, 0.2) is 0 Å². The predicted molar refractivity (Wildman–Crippen MR) is 106 cm³/mol. The van der Waals surface area contributed by atoms with Gasteiger partial charge >= 0.3 is 0 Å². The van der Waals surface area contributed by atoms with Gasteiger partial charge in [0.25, 0.3) is 0 Å². The van der Waals surface area contributed by atoms with Crippen molar-refractivity contribution in [1.29, 1.82) is 0 Å². The zero-order chi connectivity index (χ0) is 18.8. The summed E-state index contributed by atoms with van der Waals surface area (Å²) in [5.41, 5.74) is 1.98. The Balaban J connectivity index is 1.78. The molecule has 2 nitrogen and oxygen atoms in total. The van der Waals surface area contributed by atoms with Crippen molar-refractivity contribution in [3.63, 3.8) is 0 Å². The lowest BCUT2D eigenvalue weighted by molar-refractivity contribution is 0.142. The van der Waals surface area contributed by atoms with Gasteiger partial charge in [-0.2, -0.15) is 0 Å². The van der Waals surface area contributed by atoms with E-state index in [1.807, 2.05) is 6.07 Å². The van der Waals surface area contributed by atoms with E-state index in [2.05, 4.69) is 13.0 Å². The molecule has 0 unspecified atom stereocenters. The van der Waals surface area contributed by atoms with Crippen molar-refractivity contribution in [1.82, 2.24) is 0 Å². The Labute approximate surface area is 158 Å². The Morgan fingerprint density at radius 3 is 2.38 bits per heavy atom. The van der Waals surface area contributed by atoms with Gasteiger partial charge in [-0.3, -0.25) is 0 Å². The topological polar surface area (TPSA) is 40.5 Å². The summed E-state index contributed by atoms with van der Waals surface area (Å²) in [5, 5.41) is 18.2. The van der Waals surface area contributed by atoms with E-state index in [0.717, 1.165) is 55.6 Å². The van der Waals surface area contributed by atoms with Gasteiger partial charge in [0, 0.05) is 19.1 Å². The van der Waals surface area contributed by atoms with Crippen LogP contribution in [0.4, 0.5) is 4.39 Å². The summed E-state index contributed by atoms with van der Waals surface area (Å²) in [6.07, 6.45) is 12.3. The first kappa shape index (κ1) is 21.4. The maximum Gasteiger partial charge on any atom is 0.126 e. The summed E-state index contributed by atoms with van der Waals surface area (Å²) in [4.78, 5) is 0. The lowest BCUT2D eigenvalue weighted by atomic mass is 9.77. The molecule has 1 aliphatic rings. The SMILES string of the molecule is CCCCC1CCC(c2ccc(CCCCC(CO)CO)cc2F)CC1. The summed E-state index contributed by atoms with van der Waals surface area (Å²) in [6.45, 7) is 2.33. The van der Waals surface area contributed by atoms with Crippen molar-refractivity contribution in [2.24, 2.45) is 11.8 Å². The number of rotatable bonds is 11. The molecule has 1 aromatic carbocycles. The normalized spacial score (nSPS) is 20.7. The number of aryl methyl sites for hydroxylation is 1. The number of benzene rings is 1. The number of halogens is 1. The molecule has 0 amide bonds. The van der Waals surface area contributed by atoms with Gasteiger partial charge in [0.05, 0.1) is 0 Å². The van der Waals surface area contributed by atoms with Gasteiger partial charge in [-0.05, 0) is 74.0 Å². The number of hydrogen-bond donors (Lipinski definition) is 2. The number of aliphatic hydroxyl groups excluding tert-OH is 2. The fourth-order valence-electron chi connectivity index (χ4n) is 4.31. The monoisotopic (exact) mass is 364 g/mol. The summed E-state index contributed by atoms with van der Waals surface area (Å²) in [5.74, 6) is 1.22. The third-order valence-electron chi connectivity index (χ3n) is 6.16. The van der Waals surface area contributed by atoms with Crippen LogP contribution in [0.1, 0.15) is 88.2 Å². The minimum Gasteiger partial charge on any atom is -0.396 e. The Bertz CT molecular complexity index is 505. The van der Waals surface area contributed by atoms with Crippen LogP contribution in [-0.2, 0) is 6.42 Å². The van der Waals surface area contributed by atoms with Crippen molar-refractivity contribution < 1.29 is 14.6 Å². The summed E-state index contributed by atoms with van der Waals surface area (Å²) in [7, 11) is 0. The predicted octanol–water partition coefficient (Wildman–Crippen LogP) is 5.60. The molecule has 0 aromatic heterocycles. The number of hydrogen-bond acceptors (Lipinski definition) is 2. The van der Waals surface area contributed by atoms with Crippen molar-refractivity contribution in [2.45, 2.75) is 83.5 Å². The highest BCUT2D eigenvalue weighted by Crippen LogP contribution is 2.38. The van der Waals surface area contributed by atoms with E-state index >= 15 is 0 Å². The first-order valence-corrected chi connectivity index (χ1v) is 10.7. The van der Waals surface area contributed by atoms with Gasteiger partial charge in [-0.1, -0.05) is 44.7 Å². The minimum atomic E-state index is -0.0249. The Kier molecular flexibility index (Phi) is 9.63. The summed E-state index contributed by atoms with van der Waals surface area (Å²) >= 11 is 0. The van der Waals surface area contributed by atoms with Crippen LogP contribution in [0.2, 0.25) is 0 Å². The summed E-state index contributed by atoms with van der Waals surface area (Å²) < 4.78 is 14.6. The highest BCUT2D eigenvalue weighted by Gasteiger charge is 2.24. The largest absolute Gasteiger partial charge is 0.396 e. The van der Waals surface area contributed by atoms with E-state index in [1.165, 1.54) is 32.1 Å². The maximum atomic E-state index is 14.6. The second kappa shape index (κ2) is 11.7. The smallest absolute Gasteiger partial charge is 0.126 e. The molecule has 0 saturated heterocycles. The molecule has 1 saturated carbocycles. The fourth-order valence-corrected chi connectivity index (χ4v) is 4.31. The van der Waals surface area contributed by atoms with E-state index in [-0.39, 0.29) is 24.9 Å². The van der Waals surface area contributed by atoms with Crippen molar-refractivity contribution in [3.8, 4) is 0 Å². The molecule has 0 atom stereocenters. The lowest BCUT2D eigenvalue weighted by Gasteiger charge is -2.29. The highest BCUT2D eigenvalue weighted by atomic mass is 19.1. The van der Waals surface area contributed by atoms with Crippen LogP contribution in [-0.4, -0.2) is 23.4 Å². The molecule has 148 valence electrons. The molecule has 0 aliphatic heterocycles. The van der Waals surface area contributed by atoms with Crippen molar-refractivity contribution in [3.05, 3.63) is 35.1 Å². The van der Waals surface area contributed by atoms with Gasteiger partial charge in [0.2, 0.25) is 0 Å². The molecular weight excluding hydrogens is 327 g/mol. The van der Waals surface area contributed by atoms with Crippen LogP contribution in [0, 0.1) is 17.7 Å². The fraction of sp³-hybridized carbons (Fsp3) is 0.739. The van der Waals surface area contributed by atoms with E-state index in [4.69, 9.17) is 10.2 Å². The number of unbranched alkanes of at least 4 members (excludes halogenated alkanes) is 2. The van der Waals surface area contributed by atoms with E-state index in [0.29, 0.717) is 5.92 Å². The molecule has 1 fully saturated rings. The average molecular weight is 365 g/mol. The zero-order valence-electron chi connectivity index (χ0n) is 16.4. The molecule has 2 rings (SSSR count). The van der Waals surface area contributed by atoms with Crippen LogP contribution in [0.15, 0.2) is 18.2 Å². The molecule has 0 heterocycles. The third-order valence-corrected chi connectivity index (χ3v) is 6.16. The molecule has 0 spiro atoms. The second-order valence-electron chi connectivity index (χ2n) is 8.19. The molecule has 2 N–H and O–H groups in total. The quantitative estimate of drug-likeness (QED) is 0.502. The standard InChI is InChI=1S/C23H37FO2/c1-2-3-6-18-9-12-21(13-10-18)22-14-11-19(15-23(22)24)7-4-5-8-20(16-25)17-26/h11,14-15,18,20-21,25-26H,2-10,12-13,16-17H2,1H3. The minimum absolute atomic E-state index is 0.0124. The Hall–Kier alpha value is -0.930. The number of aliphatic hydroxyl groups is 2. The van der Waals surface area contributed by atoms with Crippen LogP contribution in [0.3, 0.4) is 0 Å². The van der Waals surface area contributed by atoms with E-state index < -0.39 is 0 Å². The Morgan fingerprint density at radius 2 is 1.77 bits per heavy atom. The molecule has 1 aliphatic carbocycles. The van der Waals surface area contributed by atoms with Crippen molar-refractivity contribution in [2.75, 3.05) is 13.2 Å². The molecule has 0 bridgehead atoms. The Morgan fingerprint density at radius 1 is 1.04 bits per heavy atom. The van der Waals surface area contributed by atoms with Crippen LogP contribution in [0.25, 0.3) is 0 Å². The second-order valence-corrected chi connectivity index (χ2v) is 8.19. The molecule has 3 heteroatoms. The average Bonchev–Trinajstić information content (AvgIpc) is 2.67. The first-order chi connectivity index (χ1) is 12.7. The van der Waals surface area contributed by atoms with E-state index in [1.54, 1.807) is 6.07 Å². The summed E-state index contributed by atoms with van der Waals surface area (Å²) in [6, 6.07) is 5.84. The van der Waals surface area contributed by atoms with Crippen LogP contribution in [0.5, 0.6) is 0 Å². The van der Waals surface area contributed by atoms with Crippen LogP contribution < -0.4 is 0 Å². The molecule has 26 heavy (non-hydrogen) atoms. The van der Waals surface area contributed by atoms with Gasteiger partial charge in [-0.25, -0.2) is 4.39 Å². The first-order valence-electron chi connectivity index (χ1n) is 10.7. The zero-order valence-corrected chi connectivity index (χ0v) is 16.4. The van der Waals surface area contributed by atoms with E-state index in [9.17, 15) is 4.39 Å². The highest BCUT2D eigenvalue weighted by molar-refractivity contribution is 5.27. The van der Waals surface area contributed by atoms with Gasteiger partial charge in [-0.15, -0.1) is 0 Å².